The zero-order chi connectivity index (χ0) is 19.9. The highest BCUT2D eigenvalue weighted by atomic mass is 32.2. The Morgan fingerprint density at radius 1 is 1.18 bits per heavy atom. The SMILES string of the molecule is CC(C)Cn1c(CCc2ccccc2)nnc1SCC(=O)N1CCCC[C@H]1C. The molecule has 1 amide bonds. The molecule has 1 atom stereocenters. The zero-order valence-corrected chi connectivity index (χ0v) is 18.1. The number of aromatic nitrogens is 3. The van der Waals surface area contributed by atoms with E-state index >= 15 is 0 Å². The van der Waals surface area contributed by atoms with Crippen molar-refractivity contribution < 1.29 is 4.79 Å². The van der Waals surface area contributed by atoms with Crippen LogP contribution in [0.15, 0.2) is 35.5 Å². The maximum Gasteiger partial charge on any atom is 0.233 e. The molecule has 28 heavy (non-hydrogen) atoms. The first kappa shape index (κ1) is 20.9. The van der Waals surface area contributed by atoms with E-state index < -0.39 is 0 Å². The summed E-state index contributed by atoms with van der Waals surface area (Å²) in [7, 11) is 0. The molecule has 1 aromatic heterocycles. The van der Waals surface area contributed by atoms with Crippen LogP contribution in [0.4, 0.5) is 0 Å². The van der Waals surface area contributed by atoms with Gasteiger partial charge in [0.15, 0.2) is 5.16 Å². The van der Waals surface area contributed by atoms with Crippen LogP contribution in [-0.4, -0.2) is 43.9 Å². The lowest BCUT2D eigenvalue weighted by Gasteiger charge is -2.33. The van der Waals surface area contributed by atoms with Gasteiger partial charge in [0, 0.05) is 25.6 Å². The molecule has 1 fully saturated rings. The first-order chi connectivity index (χ1) is 13.5. The molecule has 0 bridgehead atoms. The summed E-state index contributed by atoms with van der Waals surface area (Å²) in [6.45, 7) is 8.34. The second-order valence-corrected chi connectivity index (χ2v) is 9.05. The third-order valence-corrected chi connectivity index (χ3v) is 6.22. The van der Waals surface area contributed by atoms with Crippen molar-refractivity contribution in [2.24, 2.45) is 5.92 Å². The average molecular weight is 401 g/mol. The maximum atomic E-state index is 12.7. The Kier molecular flexibility index (Phi) is 7.54. The normalized spacial score (nSPS) is 17.3. The molecule has 152 valence electrons. The smallest absolute Gasteiger partial charge is 0.233 e. The standard InChI is InChI=1S/C22H32N4OS/c1-17(2)15-26-20(13-12-19-10-5-4-6-11-19)23-24-22(26)28-16-21(27)25-14-8-7-9-18(25)3/h4-6,10-11,17-18H,7-9,12-16H2,1-3H3/t18-/m1/s1. The van der Waals surface area contributed by atoms with Gasteiger partial charge >= 0.3 is 0 Å². The summed E-state index contributed by atoms with van der Waals surface area (Å²) in [4.78, 5) is 14.7. The van der Waals surface area contributed by atoms with Crippen LogP contribution >= 0.6 is 11.8 Å². The Balaban J connectivity index is 1.64. The molecule has 2 heterocycles. The fourth-order valence-corrected chi connectivity index (χ4v) is 4.59. The van der Waals surface area contributed by atoms with E-state index in [0.717, 1.165) is 49.8 Å². The zero-order valence-electron chi connectivity index (χ0n) is 17.3. The van der Waals surface area contributed by atoms with Gasteiger partial charge in [0.2, 0.25) is 5.91 Å². The van der Waals surface area contributed by atoms with Crippen LogP contribution in [0.1, 0.15) is 51.4 Å². The summed E-state index contributed by atoms with van der Waals surface area (Å²) in [5, 5.41) is 9.75. The molecule has 0 unspecified atom stereocenters. The largest absolute Gasteiger partial charge is 0.339 e. The molecule has 0 aliphatic carbocycles. The first-order valence-electron chi connectivity index (χ1n) is 10.4. The lowest BCUT2D eigenvalue weighted by molar-refractivity contribution is -0.131. The van der Waals surface area contributed by atoms with Gasteiger partial charge in [-0.3, -0.25) is 4.79 Å². The van der Waals surface area contributed by atoms with Gasteiger partial charge in [0.05, 0.1) is 5.75 Å². The first-order valence-corrected chi connectivity index (χ1v) is 11.4. The van der Waals surface area contributed by atoms with Gasteiger partial charge in [0.1, 0.15) is 5.82 Å². The van der Waals surface area contributed by atoms with E-state index in [1.54, 1.807) is 0 Å². The Hall–Kier alpha value is -1.82. The van der Waals surface area contributed by atoms with Crippen LogP contribution in [0.3, 0.4) is 0 Å². The molecule has 0 spiro atoms. The second-order valence-electron chi connectivity index (χ2n) is 8.11. The number of carbonyl (C=O) groups is 1. The Morgan fingerprint density at radius 3 is 2.68 bits per heavy atom. The van der Waals surface area contributed by atoms with E-state index in [4.69, 9.17) is 0 Å². The number of carbonyl (C=O) groups excluding carboxylic acids is 1. The van der Waals surface area contributed by atoms with E-state index in [1.807, 2.05) is 11.0 Å². The summed E-state index contributed by atoms with van der Waals surface area (Å²) < 4.78 is 2.21. The number of hydrogen-bond acceptors (Lipinski definition) is 4. The second kappa shape index (κ2) is 10.1. The Morgan fingerprint density at radius 2 is 1.96 bits per heavy atom. The van der Waals surface area contributed by atoms with Gasteiger partial charge in [-0.1, -0.05) is 55.9 Å². The summed E-state index contributed by atoms with van der Waals surface area (Å²) in [6, 6.07) is 10.8. The highest BCUT2D eigenvalue weighted by Crippen LogP contribution is 2.23. The third kappa shape index (κ3) is 5.60. The number of thioether (sulfide) groups is 1. The highest BCUT2D eigenvalue weighted by molar-refractivity contribution is 7.99. The summed E-state index contributed by atoms with van der Waals surface area (Å²) in [6.07, 6.45) is 5.27. The van der Waals surface area contributed by atoms with Crippen molar-refractivity contribution in [3.63, 3.8) is 0 Å². The van der Waals surface area contributed by atoms with Crippen LogP contribution in [0.5, 0.6) is 0 Å². The molecule has 1 aliphatic heterocycles. The van der Waals surface area contributed by atoms with Crippen molar-refractivity contribution >= 4 is 17.7 Å². The average Bonchev–Trinajstić information content (AvgIpc) is 3.06. The minimum Gasteiger partial charge on any atom is -0.339 e. The molecule has 5 nitrogen and oxygen atoms in total. The Bertz CT molecular complexity index is 759. The van der Waals surface area contributed by atoms with Crippen LogP contribution < -0.4 is 0 Å². The van der Waals surface area contributed by atoms with E-state index in [-0.39, 0.29) is 5.91 Å². The predicted molar refractivity (Wildman–Crippen MR) is 114 cm³/mol. The molecule has 0 radical (unpaired) electrons. The van der Waals surface area contributed by atoms with E-state index in [2.05, 4.69) is 59.8 Å². The van der Waals surface area contributed by atoms with Gasteiger partial charge in [-0.25, -0.2) is 0 Å². The van der Waals surface area contributed by atoms with Crippen LogP contribution in [-0.2, 0) is 24.2 Å². The molecule has 2 aromatic rings. The molecule has 1 saturated heterocycles. The summed E-state index contributed by atoms with van der Waals surface area (Å²) in [5.41, 5.74) is 1.31. The van der Waals surface area contributed by atoms with Crippen LogP contribution in [0.25, 0.3) is 0 Å². The van der Waals surface area contributed by atoms with Gasteiger partial charge in [0.25, 0.3) is 0 Å². The molecule has 6 heteroatoms. The topological polar surface area (TPSA) is 51.0 Å². The number of likely N-dealkylation sites (tertiary alicyclic amines) is 1. The van der Waals surface area contributed by atoms with E-state index in [0.29, 0.717) is 17.7 Å². The number of amides is 1. The van der Waals surface area contributed by atoms with Crippen molar-refractivity contribution in [1.29, 1.82) is 0 Å². The van der Waals surface area contributed by atoms with Gasteiger partial charge < -0.3 is 9.47 Å². The molecule has 1 aliphatic rings. The number of nitrogens with zero attached hydrogens (tertiary/aromatic N) is 4. The number of aryl methyl sites for hydroxylation is 2. The van der Waals surface area contributed by atoms with Crippen LogP contribution in [0, 0.1) is 5.92 Å². The van der Waals surface area contributed by atoms with E-state index in [1.165, 1.54) is 23.7 Å². The molecule has 3 rings (SSSR count). The lowest BCUT2D eigenvalue weighted by atomic mass is 10.0. The molecule has 0 N–H and O–H groups in total. The summed E-state index contributed by atoms with van der Waals surface area (Å²) >= 11 is 1.53. The lowest BCUT2D eigenvalue weighted by Crippen LogP contribution is -2.43. The number of hydrogen-bond donors (Lipinski definition) is 0. The fraction of sp³-hybridized carbons (Fsp3) is 0.591. The van der Waals surface area contributed by atoms with Crippen LogP contribution in [0.2, 0.25) is 0 Å². The van der Waals surface area contributed by atoms with Crippen molar-refractivity contribution in [1.82, 2.24) is 19.7 Å². The number of rotatable bonds is 8. The minimum absolute atomic E-state index is 0.224. The number of piperidine rings is 1. The molecule has 0 saturated carbocycles. The van der Waals surface area contributed by atoms with Crippen molar-refractivity contribution in [2.75, 3.05) is 12.3 Å². The van der Waals surface area contributed by atoms with Gasteiger partial charge in [-0.05, 0) is 44.1 Å². The maximum absolute atomic E-state index is 12.7. The predicted octanol–water partition coefficient (Wildman–Crippen LogP) is 4.21. The van der Waals surface area contributed by atoms with E-state index in [9.17, 15) is 4.79 Å². The summed E-state index contributed by atoms with van der Waals surface area (Å²) in [5.74, 6) is 2.18. The van der Waals surface area contributed by atoms with Crippen molar-refractivity contribution in [3.05, 3.63) is 41.7 Å². The highest BCUT2D eigenvalue weighted by Gasteiger charge is 2.24. The minimum atomic E-state index is 0.224. The quantitative estimate of drug-likeness (QED) is 0.623. The Labute approximate surface area is 172 Å². The third-order valence-electron chi connectivity index (χ3n) is 5.27. The monoisotopic (exact) mass is 400 g/mol. The van der Waals surface area contributed by atoms with Gasteiger partial charge in [-0.15, -0.1) is 10.2 Å². The molecule has 1 aromatic carbocycles. The van der Waals surface area contributed by atoms with Gasteiger partial charge in [-0.2, -0.15) is 0 Å². The number of benzene rings is 1. The molecular formula is C22H32N4OS. The van der Waals surface area contributed by atoms with Crippen molar-refractivity contribution in [3.8, 4) is 0 Å². The van der Waals surface area contributed by atoms with Crippen molar-refractivity contribution in [2.45, 2.75) is 70.6 Å². The fourth-order valence-electron chi connectivity index (χ4n) is 3.74. The molecular weight excluding hydrogens is 368 g/mol.